The van der Waals surface area contributed by atoms with Gasteiger partial charge in [-0.05, 0) is 51.0 Å². The minimum Gasteiger partial charge on any atom is -0.490 e. The van der Waals surface area contributed by atoms with Crippen LogP contribution >= 0.6 is 11.6 Å². The highest BCUT2D eigenvalue weighted by molar-refractivity contribution is 6.31. The van der Waals surface area contributed by atoms with Crippen molar-refractivity contribution in [2.24, 2.45) is 0 Å². The molecule has 2 aromatic carbocycles. The summed E-state index contributed by atoms with van der Waals surface area (Å²) in [4.78, 5) is 28.9. The van der Waals surface area contributed by atoms with Gasteiger partial charge in [0.2, 0.25) is 0 Å². The molecule has 4 aromatic rings. The average molecular weight is 480 g/mol. The molecule has 9 heteroatoms. The van der Waals surface area contributed by atoms with Gasteiger partial charge in [0.25, 0.3) is 5.56 Å². The molecule has 3 heterocycles. The largest absolute Gasteiger partial charge is 0.490 e. The van der Waals surface area contributed by atoms with Gasteiger partial charge in [0.1, 0.15) is 12.1 Å². The van der Waals surface area contributed by atoms with Gasteiger partial charge in [-0.15, -0.1) is 0 Å². The molecule has 1 aliphatic rings. The Hall–Kier alpha value is -3.39. The van der Waals surface area contributed by atoms with Gasteiger partial charge < -0.3 is 14.4 Å². The van der Waals surface area contributed by atoms with Gasteiger partial charge >= 0.3 is 0 Å². The molecule has 0 amide bonds. The molecule has 1 fully saturated rings. The standard InChI is InChI=1S/C25H26ClN5O3/c1-3-33-22-12-18-21(13-23(22)34-4-2)27-14-28-24(18)30-9-7-17(8-10-30)31-15-29-20-6-5-16(26)11-19(20)25(31)32/h5-6,11-15,17H,3-4,7-10H2,1-2H3. The highest BCUT2D eigenvalue weighted by atomic mass is 35.5. The number of fused-ring (bicyclic) bond motifs is 2. The van der Waals surface area contributed by atoms with Crippen molar-refractivity contribution in [3.05, 3.63) is 58.4 Å². The molecule has 0 unspecified atom stereocenters. The molecule has 0 N–H and O–H groups in total. The quantitative estimate of drug-likeness (QED) is 0.398. The highest BCUT2D eigenvalue weighted by Gasteiger charge is 2.25. The number of ether oxygens (including phenoxy) is 2. The molecular formula is C25H26ClN5O3. The van der Waals surface area contributed by atoms with Gasteiger partial charge in [0, 0.05) is 35.6 Å². The lowest BCUT2D eigenvalue weighted by Crippen LogP contribution is -2.38. The number of rotatable bonds is 6. The van der Waals surface area contributed by atoms with Crippen molar-refractivity contribution >= 4 is 39.2 Å². The van der Waals surface area contributed by atoms with E-state index < -0.39 is 0 Å². The van der Waals surface area contributed by atoms with Crippen molar-refractivity contribution in [1.29, 1.82) is 0 Å². The normalized spacial score (nSPS) is 14.6. The third-order valence-electron chi connectivity index (χ3n) is 6.18. The molecule has 8 nitrogen and oxygen atoms in total. The van der Waals surface area contributed by atoms with Gasteiger partial charge in [0.05, 0.1) is 36.0 Å². The smallest absolute Gasteiger partial charge is 0.261 e. The Morgan fingerprint density at radius 3 is 2.41 bits per heavy atom. The molecule has 34 heavy (non-hydrogen) atoms. The minimum atomic E-state index is -0.0526. The van der Waals surface area contributed by atoms with E-state index in [1.165, 1.54) is 0 Å². The Balaban J connectivity index is 1.42. The Kier molecular flexibility index (Phi) is 6.24. The second-order valence-corrected chi connectivity index (χ2v) is 8.65. The van der Waals surface area contributed by atoms with E-state index in [9.17, 15) is 4.79 Å². The van der Waals surface area contributed by atoms with E-state index >= 15 is 0 Å². The minimum absolute atomic E-state index is 0.0526. The molecule has 0 saturated carbocycles. The molecule has 1 aliphatic heterocycles. The summed E-state index contributed by atoms with van der Waals surface area (Å²) in [6.07, 6.45) is 4.84. The fourth-order valence-electron chi connectivity index (χ4n) is 4.56. The molecule has 0 aliphatic carbocycles. The summed E-state index contributed by atoms with van der Waals surface area (Å²) in [5.74, 6) is 2.24. The number of hydrogen-bond donors (Lipinski definition) is 0. The third-order valence-corrected chi connectivity index (χ3v) is 6.42. The average Bonchev–Trinajstić information content (AvgIpc) is 2.85. The van der Waals surface area contributed by atoms with Crippen LogP contribution in [0.5, 0.6) is 11.5 Å². The summed E-state index contributed by atoms with van der Waals surface area (Å²) in [6.45, 7) is 6.50. The Morgan fingerprint density at radius 1 is 0.941 bits per heavy atom. The lowest BCUT2D eigenvalue weighted by atomic mass is 10.0. The van der Waals surface area contributed by atoms with Crippen LogP contribution < -0.4 is 19.9 Å². The zero-order chi connectivity index (χ0) is 23.7. The predicted molar refractivity (Wildman–Crippen MR) is 133 cm³/mol. The van der Waals surface area contributed by atoms with E-state index in [0.717, 1.165) is 42.7 Å². The molecule has 0 spiro atoms. The van der Waals surface area contributed by atoms with Crippen LogP contribution in [0, 0.1) is 0 Å². The van der Waals surface area contributed by atoms with Crippen molar-refractivity contribution in [3.8, 4) is 11.5 Å². The number of nitrogens with zero attached hydrogens (tertiary/aromatic N) is 5. The van der Waals surface area contributed by atoms with Crippen LogP contribution in [0.15, 0.2) is 47.8 Å². The fraction of sp³-hybridized carbons (Fsp3) is 0.360. The zero-order valence-electron chi connectivity index (χ0n) is 19.2. The van der Waals surface area contributed by atoms with Crippen molar-refractivity contribution < 1.29 is 9.47 Å². The highest BCUT2D eigenvalue weighted by Crippen LogP contribution is 2.36. The van der Waals surface area contributed by atoms with Crippen molar-refractivity contribution in [2.75, 3.05) is 31.2 Å². The van der Waals surface area contributed by atoms with E-state index in [4.69, 9.17) is 21.1 Å². The van der Waals surface area contributed by atoms with Crippen LogP contribution in [0.3, 0.4) is 0 Å². The third kappa shape index (κ3) is 4.14. The van der Waals surface area contributed by atoms with Crippen LogP contribution in [-0.4, -0.2) is 45.8 Å². The first kappa shape index (κ1) is 22.4. The summed E-state index contributed by atoms with van der Waals surface area (Å²) >= 11 is 6.11. The van der Waals surface area contributed by atoms with Crippen molar-refractivity contribution in [1.82, 2.24) is 19.5 Å². The number of benzene rings is 2. The van der Waals surface area contributed by atoms with Gasteiger partial charge in [-0.2, -0.15) is 0 Å². The summed E-state index contributed by atoms with van der Waals surface area (Å²) < 4.78 is 13.3. The van der Waals surface area contributed by atoms with E-state index in [1.807, 2.05) is 26.0 Å². The molecule has 176 valence electrons. The lowest BCUT2D eigenvalue weighted by Gasteiger charge is -2.34. The summed E-state index contributed by atoms with van der Waals surface area (Å²) in [5.41, 5.74) is 1.42. The maximum Gasteiger partial charge on any atom is 0.261 e. The molecule has 5 rings (SSSR count). The monoisotopic (exact) mass is 479 g/mol. The molecule has 2 aromatic heterocycles. The molecular weight excluding hydrogens is 454 g/mol. The van der Waals surface area contributed by atoms with E-state index in [2.05, 4.69) is 19.9 Å². The fourth-order valence-corrected chi connectivity index (χ4v) is 4.74. The molecule has 0 atom stereocenters. The molecule has 1 saturated heterocycles. The zero-order valence-corrected chi connectivity index (χ0v) is 20.0. The van der Waals surface area contributed by atoms with E-state index in [-0.39, 0.29) is 11.6 Å². The molecule has 0 bridgehead atoms. The van der Waals surface area contributed by atoms with E-state index in [1.54, 1.807) is 35.4 Å². The first-order valence-electron chi connectivity index (χ1n) is 11.5. The van der Waals surface area contributed by atoms with Crippen LogP contribution in [0.2, 0.25) is 5.02 Å². The first-order chi connectivity index (χ1) is 16.6. The van der Waals surface area contributed by atoms with Crippen molar-refractivity contribution in [3.63, 3.8) is 0 Å². The summed E-state index contributed by atoms with van der Waals surface area (Å²) in [6, 6.07) is 9.16. The van der Waals surface area contributed by atoms with Crippen LogP contribution in [0.4, 0.5) is 5.82 Å². The Morgan fingerprint density at radius 2 is 1.68 bits per heavy atom. The number of aromatic nitrogens is 4. The number of halogens is 1. The second kappa shape index (κ2) is 9.46. The number of hydrogen-bond acceptors (Lipinski definition) is 7. The Bertz CT molecular complexity index is 1400. The van der Waals surface area contributed by atoms with Gasteiger partial charge in [-0.1, -0.05) is 11.6 Å². The van der Waals surface area contributed by atoms with Crippen LogP contribution in [0.25, 0.3) is 21.8 Å². The maximum atomic E-state index is 13.1. The summed E-state index contributed by atoms with van der Waals surface area (Å²) in [5, 5.41) is 2.01. The SMILES string of the molecule is CCOc1cc2ncnc(N3CCC(n4cnc5ccc(Cl)cc5c4=O)CC3)c2cc1OCC. The van der Waals surface area contributed by atoms with E-state index in [0.29, 0.717) is 40.6 Å². The number of anilines is 1. The topological polar surface area (TPSA) is 82.4 Å². The second-order valence-electron chi connectivity index (χ2n) is 8.22. The van der Waals surface area contributed by atoms with Crippen LogP contribution in [0.1, 0.15) is 32.7 Å². The van der Waals surface area contributed by atoms with Gasteiger partial charge in [0.15, 0.2) is 11.5 Å². The predicted octanol–water partition coefficient (Wildman–Crippen LogP) is 4.63. The van der Waals surface area contributed by atoms with Gasteiger partial charge in [-0.3, -0.25) is 9.36 Å². The first-order valence-corrected chi connectivity index (χ1v) is 11.9. The lowest BCUT2D eigenvalue weighted by molar-refractivity contribution is 0.288. The summed E-state index contributed by atoms with van der Waals surface area (Å²) in [7, 11) is 0. The maximum absolute atomic E-state index is 13.1. The Labute approximate surface area is 202 Å². The molecule has 0 radical (unpaired) electrons. The van der Waals surface area contributed by atoms with Crippen molar-refractivity contribution in [2.45, 2.75) is 32.7 Å². The van der Waals surface area contributed by atoms with Crippen LogP contribution in [-0.2, 0) is 0 Å². The van der Waals surface area contributed by atoms with Gasteiger partial charge in [-0.25, -0.2) is 15.0 Å². The number of piperidine rings is 1.